The number of rotatable bonds is 7. The van der Waals surface area contributed by atoms with Crippen LogP contribution in [0.3, 0.4) is 0 Å². The molecule has 0 saturated heterocycles. The van der Waals surface area contributed by atoms with E-state index in [1.807, 2.05) is 32.9 Å². The van der Waals surface area contributed by atoms with Gasteiger partial charge in [0.15, 0.2) is 0 Å². The fourth-order valence-corrected chi connectivity index (χ4v) is 2.45. The summed E-state index contributed by atoms with van der Waals surface area (Å²) in [6, 6.07) is 4.05. The molecule has 1 rings (SSSR count). The molecule has 0 fully saturated rings. The monoisotopic (exact) mass is 342 g/mol. The average molecular weight is 343 g/mol. The highest BCUT2D eigenvalue weighted by Crippen LogP contribution is 2.29. The van der Waals surface area contributed by atoms with Crippen molar-refractivity contribution in [2.45, 2.75) is 47.0 Å². The van der Waals surface area contributed by atoms with Crippen molar-refractivity contribution in [1.29, 1.82) is 0 Å². The molecule has 1 aromatic rings. The number of ether oxygens (including phenoxy) is 1. The van der Waals surface area contributed by atoms with E-state index in [4.69, 9.17) is 4.74 Å². The van der Waals surface area contributed by atoms with Crippen molar-refractivity contribution in [3.8, 4) is 5.75 Å². The molecule has 1 aromatic carbocycles. The molecule has 20 heavy (non-hydrogen) atoms. The van der Waals surface area contributed by atoms with Crippen molar-refractivity contribution in [3.05, 3.63) is 27.7 Å². The van der Waals surface area contributed by atoms with Crippen molar-refractivity contribution in [2.75, 3.05) is 6.61 Å². The topological polar surface area (TPSA) is 46.5 Å². The molecular weight excluding hydrogens is 320 g/mol. The summed E-state index contributed by atoms with van der Waals surface area (Å²) >= 11 is 3.49. The highest BCUT2D eigenvalue weighted by molar-refractivity contribution is 9.10. The molecule has 0 spiro atoms. The molecule has 4 heteroatoms. The van der Waals surface area contributed by atoms with Crippen LogP contribution in [0, 0.1) is 19.3 Å². The lowest BCUT2D eigenvalue weighted by Gasteiger charge is -2.22. The van der Waals surface area contributed by atoms with Crippen LogP contribution in [0.2, 0.25) is 0 Å². The van der Waals surface area contributed by atoms with Gasteiger partial charge < -0.3 is 9.84 Å². The van der Waals surface area contributed by atoms with Crippen LogP contribution in [0.15, 0.2) is 16.6 Å². The van der Waals surface area contributed by atoms with Gasteiger partial charge >= 0.3 is 5.97 Å². The Morgan fingerprint density at radius 2 is 2.00 bits per heavy atom. The van der Waals surface area contributed by atoms with Gasteiger partial charge in [0.05, 0.1) is 12.0 Å². The summed E-state index contributed by atoms with van der Waals surface area (Å²) in [5.74, 6) is 0.148. The molecule has 0 bridgehead atoms. The second-order valence-electron chi connectivity index (χ2n) is 5.54. The fourth-order valence-electron chi connectivity index (χ4n) is 1.99. The highest BCUT2D eigenvalue weighted by atomic mass is 79.9. The Balaban J connectivity index is 2.53. The minimum Gasteiger partial charge on any atom is -0.493 e. The van der Waals surface area contributed by atoms with E-state index < -0.39 is 11.4 Å². The number of carbonyl (C=O) groups is 1. The summed E-state index contributed by atoms with van der Waals surface area (Å²) in [4.78, 5) is 11.2. The molecule has 0 aromatic heterocycles. The van der Waals surface area contributed by atoms with Crippen LogP contribution in [0.1, 0.15) is 44.2 Å². The Bertz CT molecular complexity index is 485. The van der Waals surface area contributed by atoms with E-state index in [2.05, 4.69) is 15.9 Å². The number of hydrogen-bond donors (Lipinski definition) is 1. The van der Waals surface area contributed by atoms with Gasteiger partial charge in [0.1, 0.15) is 5.75 Å². The van der Waals surface area contributed by atoms with Crippen molar-refractivity contribution in [3.63, 3.8) is 0 Å². The first kappa shape index (κ1) is 17.0. The van der Waals surface area contributed by atoms with Gasteiger partial charge in [-0.25, -0.2) is 0 Å². The van der Waals surface area contributed by atoms with Gasteiger partial charge in [-0.2, -0.15) is 0 Å². The smallest absolute Gasteiger partial charge is 0.309 e. The zero-order valence-electron chi connectivity index (χ0n) is 12.6. The van der Waals surface area contributed by atoms with Crippen LogP contribution in [0.25, 0.3) is 0 Å². The highest BCUT2D eigenvalue weighted by Gasteiger charge is 2.30. The molecule has 0 aliphatic carbocycles. The summed E-state index contributed by atoms with van der Waals surface area (Å²) in [5, 5.41) is 9.21. The number of aliphatic carboxylic acids is 1. The maximum Gasteiger partial charge on any atom is 0.309 e. The predicted molar refractivity (Wildman–Crippen MR) is 84.4 cm³/mol. The SMILES string of the molecule is CCC(C)(CCCOc1cc(C)c(Br)cc1C)C(=O)O. The third-order valence-electron chi connectivity index (χ3n) is 3.88. The minimum atomic E-state index is -0.726. The van der Waals surface area contributed by atoms with Gasteiger partial charge in [-0.15, -0.1) is 0 Å². The third-order valence-corrected chi connectivity index (χ3v) is 4.74. The van der Waals surface area contributed by atoms with Gasteiger partial charge in [-0.1, -0.05) is 22.9 Å². The number of carboxylic acids is 1. The van der Waals surface area contributed by atoms with Crippen molar-refractivity contribution in [1.82, 2.24) is 0 Å². The third kappa shape index (κ3) is 4.23. The second kappa shape index (κ2) is 7.11. The molecule has 0 heterocycles. The zero-order valence-corrected chi connectivity index (χ0v) is 14.2. The number of hydrogen-bond acceptors (Lipinski definition) is 2. The number of benzene rings is 1. The molecule has 0 saturated carbocycles. The Kier molecular flexibility index (Phi) is 6.06. The standard InChI is InChI=1S/C16H23BrO3/c1-5-16(4,15(18)19)7-6-8-20-14-10-11(2)13(17)9-12(14)3/h9-10H,5-8H2,1-4H3,(H,18,19). The van der Waals surface area contributed by atoms with Crippen molar-refractivity contribution < 1.29 is 14.6 Å². The lowest BCUT2D eigenvalue weighted by atomic mass is 9.83. The number of carboxylic acid groups (broad SMARTS) is 1. The largest absolute Gasteiger partial charge is 0.493 e. The number of aryl methyl sites for hydroxylation is 2. The average Bonchev–Trinajstić information content (AvgIpc) is 2.39. The maximum absolute atomic E-state index is 11.2. The Morgan fingerprint density at radius 3 is 2.55 bits per heavy atom. The second-order valence-corrected chi connectivity index (χ2v) is 6.39. The first-order valence-electron chi connectivity index (χ1n) is 6.93. The van der Waals surface area contributed by atoms with Crippen LogP contribution in [-0.4, -0.2) is 17.7 Å². The Hall–Kier alpha value is -1.03. The van der Waals surface area contributed by atoms with E-state index in [1.54, 1.807) is 6.92 Å². The predicted octanol–water partition coefficient (Wildman–Crippen LogP) is 4.73. The molecule has 0 amide bonds. The van der Waals surface area contributed by atoms with Gasteiger partial charge in [0.25, 0.3) is 0 Å². The molecule has 1 N–H and O–H groups in total. The molecule has 1 unspecified atom stereocenters. The van der Waals surface area contributed by atoms with E-state index in [1.165, 1.54) is 0 Å². The molecule has 0 aliphatic rings. The lowest BCUT2D eigenvalue weighted by molar-refractivity contribution is -0.148. The quantitative estimate of drug-likeness (QED) is 0.729. The van der Waals surface area contributed by atoms with E-state index in [9.17, 15) is 9.90 Å². The zero-order chi connectivity index (χ0) is 15.3. The fraction of sp³-hybridized carbons (Fsp3) is 0.562. The normalized spacial score (nSPS) is 13.8. The van der Waals surface area contributed by atoms with Crippen LogP contribution < -0.4 is 4.74 Å². The van der Waals surface area contributed by atoms with Gasteiger partial charge in [-0.05, 0) is 63.3 Å². The Labute approximate surface area is 129 Å². The minimum absolute atomic E-state index is 0.546. The van der Waals surface area contributed by atoms with Gasteiger partial charge in [0, 0.05) is 4.47 Å². The van der Waals surface area contributed by atoms with Crippen LogP contribution in [-0.2, 0) is 4.79 Å². The molecule has 3 nitrogen and oxygen atoms in total. The van der Waals surface area contributed by atoms with E-state index in [0.29, 0.717) is 19.4 Å². The van der Waals surface area contributed by atoms with Crippen LogP contribution >= 0.6 is 15.9 Å². The van der Waals surface area contributed by atoms with E-state index >= 15 is 0 Å². The number of halogens is 1. The summed E-state index contributed by atoms with van der Waals surface area (Å²) in [5.41, 5.74) is 1.57. The maximum atomic E-state index is 11.2. The first-order chi connectivity index (χ1) is 9.30. The summed E-state index contributed by atoms with van der Waals surface area (Å²) in [6.07, 6.45) is 2.01. The van der Waals surface area contributed by atoms with Crippen molar-refractivity contribution >= 4 is 21.9 Å². The molecular formula is C16H23BrO3. The first-order valence-corrected chi connectivity index (χ1v) is 7.72. The van der Waals surface area contributed by atoms with Crippen LogP contribution in [0.4, 0.5) is 0 Å². The van der Waals surface area contributed by atoms with Gasteiger partial charge in [-0.3, -0.25) is 4.79 Å². The Morgan fingerprint density at radius 1 is 1.35 bits per heavy atom. The molecule has 112 valence electrons. The molecule has 0 radical (unpaired) electrons. The van der Waals surface area contributed by atoms with Gasteiger partial charge in [0.2, 0.25) is 0 Å². The lowest BCUT2D eigenvalue weighted by Crippen LogP contribution is -2.27. The molecule has 0 aliphatic heterocycles. The summed E-state index contributed by atoms with van der Waals surface area (Å²) in [7, 11) is 0. The van der Waals surface area contributed by atoms with Crippen LogP contribution in [0.5, 0.6) is 5.75 Å². The van der Waals surface area contributed by atoms with Crippen molar-refractivity contribution in [2.24, 2.45) is 5.41 Å². The summed E-state index contributed by atoms with van der Waals surface area (Å²) in [6.45, 7) is 8.29. The van der Waals surface area contributed by atoms with E-state index in [0.717, 1.165) is 27.8 Å². The molecule has 1 atom stereocenters. The summed E-state index contributed by atoms with van der Waals surface area (Å²) < 4.78 is 6.85. The van der Waals surface area contributed by atoms with E-state index in [-0.39, 0.29) is 0 Å².